The van der Waals surface area contributed by atoms with Crippen molar-refractivity contribution in [1.82, 2.24) is 9.97 Å². The summed E-state index contributed by atoms with van der Waals surface area (Å²) in [7, 11) is 0. The number of nitrogens with one attached hydrogen (secondary N) is 1. The third-order valence-corrected chi connectivity index (χ3v) is 5.16. The Labute approximate surface area is 163 Å². The van der Waals surface area contributed by atoms with Gasteiger partial charge < -0.3 is 10.2 Å². The van der Waals surface area contributed by atoms with Gasteiger partial charge in [-0.1, -0.05) is 35.9 Å². The van der Waals surface area contributed by atoms with E-state index in [0.29, 0.717) is 16.5 Å². The van der Waals surface area contributed by atoms with Crippen molar-refractivity contribution in [2.45, 2.75) is 26.3 Å². The molecule has 0 radical (unpaired) electrons. The largest absolute Gasteiger partial charge is 0.324 e. The van der Waals surface area contributed by atoms with Gasteiger partial charge >= 0.3 is 0 Å². The first kappa shape index (κ1) is 17.5. The third kappa shape index (κ3) is 3.38. The molecule has 2 heterocycles. The van der Waals surface area contributed by atoms with Crippen LogP contribution in [-0.2, 0) is 6.42 Å². The van der Waals surface area contributed by atoms with Crippen LogP contribution in [0.1, 0.15) is 28.4 Å². The minimum absolute atomic E-state index is 0.0858. The highest BCUT2D eigenvalue weighted by Gasteiger charge is 2.31. The monoisotopic (exact) mass is 378 g/mol. The molecule has 27 heavy (non-hydrogen) atoms. The number of aromatic nitrogens is 2. The number of hydrogen-bond donors (Lipinski definition) is 1. The Hall–Kier alpha value is -2.92. The van der Waals surface area contributed by atoms with E-state index in [0.717, 1.165) is 23.4 Å². The SMILES string of the molecule is Cc1ccc(Nc2ncc(C(=O)N3c4ccccc4CC3C)cn2)cc1Cl. The van der Waals surface area contributed by atoms with Crippen LogP contribution in [0.4, 0.5) is 17.3 Å². The lowest BCUT2D eigenvalue weighted by Gasteiger charge is -2.22. The summed E-state index contributed by atoms with van der Waals surface area (Å²) in [5, 5.41) is 3.78. The van der Waals surface area contributed by atoms with Gasteiger partial charge in [-0.3, -0.25) is 4.79 Å². The predicted octanol–water partition coefficient (Wildman–Crippen LogP) is 4.77. The van der Waals surface area contributed by atoms with Crippen molar-refractivity contribution in [3.63, 3.8) is 0 Å². The van der Waals surface area contributed by atoms with Gasteiger partial charge in [0.25, 0.3) is 5.91 Å². The smallest absolute Gasteiger partial charge is 0.261 e. The predicted molar refractivity (Wildman–Crippen MR) is 108 cm³/mol. The highest BCUT2D eigenvalue weighted by molar-refractivity contribution is 6.31. The molecule has 1 aliphatic rings. The molecule has 5 nitrogen and oxygen atoms in total. The van der Waals surface area contributed by atoms with Crippen LogP contribution in [0.25, 0.3) is 0 Å². The Morgan fingerprint density at radius 1 is 1.19 bits per heavy atom. The van der Waals surface area contributed by atoms with Crippen LogP contribution in [-0.4, -0.2) is 21.9 Å². The van der Waals surface area contributed by atoms with Crippen LogP contribution in [0.3, 0.4) is 0 Å². The number of fused-ring (bicyclic) bond motifs is 1. The van der Waals surface area contributed by atoms with Crippen LogP contribution in [0, 0.1) is 6.92 Å². The molecule has 0 aliphatic carbocycles. The van der Waals surface area contributed by atoms with E-state index in [2.05, 4.69) is 28.3 Å². The number of aryl methyl sites for hydroxylation is 1. The van der Waals surface area contributed by atoms with Crippen molar-refractivity contribution in [3.8, 4) is 0 Å². The van der Waals surface area contributed by atoms with Crippen molar-refractivity contribution in [2.75, 3.05) is 10.2 Å². The molecule has 136 valence electrons. The fourth-order valence-corrected chi connectivity index (χ4v) is 3.50. The zero-order valence-corrected chi connectivity index (χ0v) is 15.9. The number of anilines is 3. The Morgan fingerprint density at radius 2 is 1.93 bits per heavy atom. The Balaban J connectivity index is 1.54. The second-order valence-electron chi connectivity index (χ2n) is 6.74. The molecule has 0 saturated carbocycles. The summed E-state index contributed by atoms with van der Waals surface area (Å²) in [5.41, 5.74) is 4.42. The van der Waals surface area contributed by atoms with Gasteiger partial charge in [-0.25, -0.2) is 9.97 Å². The number of para-hydroxylation sites is 1. The lowest BCUT2D eigenvalue weighted by atomic mass is 10.1. The fourth-order valence-electron chi connectivity index (χ4n) is 3.32. The number of carbonyl (C=O) groups excluding carboxylic acids is 1. The lowest BCUT2D eigenvalue weighted by molar-refractivity contribution is 0.0981. The molecule has 1 unspecified atom stereocenters. The minimum atomic E-state index is -0.0858. The molecule has 4 rings (SSSR count). The Kier molecular flexibility index (Phi) is 4.54. The first-order valence-electron chi connectivity index (χ1n) is 8.79. The molecule has 3 aromatic rings. The molecular weight excluding hydrogens is 360 g/mol. The van der Waals surface area contributed by atoms with Gasteiger partial charge in [0, 0.05) is 34.8 Å². The summed E-state index contributed by atoms with van der Waals surface area (Å²) in [5.74, 6) is 0.332. The van der Waals surface area contributed by atoms with Crippen LogP contribution >= 0.6 is 11.6 Å². The van der Waals surface area contributed by atoms with E-state index in [1.165, 1.54) is 5.56 Å². The average Bonchev–Trinajstić information content (AvgIpc) is 3.00. The van der Waals surface area contributed by atoms with E-state index in [-0.39, 0.29) is 11.9 Å². The molecule has 2 aromatic carbocycles. The summed E-state index contributed by atoms with van der Waals surface area (Å²) in [6.07, 6.45) is 3.97. The topological polar surface area (TPSA) is 58.1 Å². The zero-order chi connectivity index (χ0) is 19.0. The minimum Gasteiger partial charge on any atom is -0.324 e. The molecule has 0 saturated heterocycles. The second-order valence-corrected chi connectivity index (χ2v) is 7.15. The molecule has 6 heteroatoms. The summed E-state index contributed by atoms with van der Waals surface area (Å²) < 4.78 is 0. The molecule has 0 spiro atoms. The summed E-state index contributed by atoms with van der Waals surface area (Å²) in [6.45, 7) is 4.00. The fraction of sp³-hybridized carbons (Fsp3) is 0.190. The van der Waals surface area contributed by atoms with E-state index in [4.69, 9.17) is 11.6 Å². The summed E-state index contributed by atoms with van der Waals surface area (Å²) >= 11 is 6.14. The highest BCUT2D eigenvalue weighted by Crippen LogP contribution is 2.33. The van der Waals surface area contributed by atoms with Gasteiger partial charge in [-0.2, -0.15) is 0 Å². The average molecular weight is 379 g/mol. The maximum Gasteiger partial charge on any atom is 0.261 e. The number of nitrogens with zero attached hydrogens (tertiary/aromatic N) is 3. The molecule has 1 N–H and O–H groups in total. The van der Waals surface area contributed by atoms with Gasteiger partial charge in [0.15, 0.2) is 0 Å². The molecule has 1 atom stereocenters. The van der Waals surface area contributed by atoms with Gasteiger partial charge in [0.2, 0.25) is 5.95 Å². The van der Waals surface area contributed by atoms with Crippen molar-refractivity contribution in [1.29, 1.82) is 0 Å². The molecule has 0 bridgehead atoms. The number of carbonyl (C=O) groups is 1. The van der Waals surface area contributed by atoms with Crippen molar-refractivity contribution in [2.24, 2.45) is 0 Å². The first-order chi connectivity index (χ1) is 13.0. The molecule has 1 amide bonds. The van der Waals surface area contributed by atoms with Crippen LogP contribution < -0.4 is 10.2 Å². The van der Waals surface area contributed by atoms with Crippen molar-refractivity contribution < 1.29 is 4.79 Å². The number of benzene rings is 2. The van der Waals surface area contributed by atoms with Crippen LogP contribution in [0.5, 0.6) is 0 Å². The number of hydrogen-bond acceptors (Lipinski definition) is 4. The quantitative estimate of drug-likeness (QED) is 0.713. The molecule has 1 aromatic heterocycles. The standard InChI is InChI=1S/C21H19ClN4O/c1-13-7-8-17(10-18(13)22)25-21-23-11-16(12-24-21)20(27)26-14(2)9-15-5-3-4-6-19(15)26/h3-8,10-12,14H,9H2,1-2H3,(H,23,24,25). The van der Waals surface area contributed by atoms with Crippen molar-refractivity contribution in [3.05, 3.63) is 76.6 Å². The highest BCUT2D eigenvalue weighted by atomic mass is 35.5. The summed E-state index contributed by atoms with van der Waals surface area (Å²) in [6, 6.07) is 13.8. The second kappa shape index (κ2) is 7.00. The van der Waals surface area contributed by atoms with E-state index >= 15 is 0 Å². The molecule has 1 aliphatic heterocycles. The molecular formula is C21H19ClN4O. The van der Waals surface area contributed by atoms with Crippen molar-refractivity contribution >= 4 is 34.8 Å². The number of rotatable bonds is 3. The van der Waals surface area contributed by atoms with E-state index in [1.807, 2.05) is 48.2 Å². The maximum atomic E-state index is 13.0. The van der Waals surface area contributed by atoms with E-state index in [9.17, 15) is 4.79 Å². The number of amides is 1. The molecule has 0 fully saturated rings. The van der Waals surface area contributed by atoms with Crippen LogP contribution in [0.2, 0.25) is 5.02 Å². The third-order valence-electron chi connectivity index (χ3n) is 4.75. The van der Waals surface area contributed by atoms with Gasteiger partial charge in [0.05, 0.1) is 5.56 Å². The van der Waals surface area contributed by atoms with E-state index in [1.54, 1.807) is 12.4 Å². The zero-order valence-electron chi connectivity index (χ0n) is 15.1. The lowest BCUT2D eigenvalue weighted by Crippen LogP contribution is -2.35. The summed E-state index contributed by atoms with van der Waals surface area (Å²) in [4.78, 5) is 23.4. The van der Waals surface area contributed by atoms with Gasteiger partial charge in [-0.05, 0) is 49.6 Å². The Morgan fingerprint density at radius 3 is 2.67 bits per heavy atom. The first-order valence-corrected chi connectivity index (χ1v) is 9.17. The van der Waals surface area contributed by atoms with Gasteiger partial charge in [0.1, 0.15) is 0 Å². The normalized spacial score (nSPS) is 15.5. The van der Waals surface area contributed by atoms with Gasteiger partial charge in [-0.15, -0.1) is 0 Å². The van der Waals surface area contributed by atoms with E-state index < -0.39 is 0 Å². The maximum absolute atomic E-state index is 13.0. The Bertz CT molecular complexity index is 1000. The van der Waals surface area contributed by atoms with Crippen LogP contribution in [0.15, 0.2) is 54.9 Å². The number of halogens is 1.